The van der Waals surface area contributed by atoms with Crippen LogP contribution in [0.5, 0.6) is 0 Å². The second kappa shape index (κ2) is 4.02. The molecule has 2 nitrogen and oxygen atoms in total. The lowest BCUT2D eigenvalue weighted by molar-refractivity contribution is -0.186. The van der Waals surface area contributed by atoms with Gasteiger partial charge in [0.25, 0.3) is 0 Å². The van der Waals surface area contributed by atoms with Gasteiger partial charge in [-0.3, -0.25) is 4.79 Å². The Morgan fingerprint density at radius 2 is 1.73 bits per heavy atom. The number of alkyl halides is 3. The number of aryl methyl sites for hydroxylation is 1. The highest BCUT2D eigenvalue weighted by Crippen LogP contribution is 2.23. The molecule has 1 unspecified atom stereocenters. The topological polar surface area (TPSA) is 37.3 Å². The molecule has 0 fully saturated rings. The molecule has 0 radical (unpaired) electrons. The minimum absolute atomic E-state index is 0.148. The molecule has 0 aliphatic carbocycles. The number of aliphatic hydroxyl groups is 1. The van der Waals surface area contributed by atoms with Crippen molar-refractivity contribution in [3.05, 3.63) is 35.4 Å². The van der Waals surface area contributed by atoms with Gasteiger partial charge in [-0.15, -0.1) is 0 Å². The fourth-order valence-corrected chi connectivity index (χ4v) is 1.02. The van der Waals surface area contributed by atoms with Crippen molar-refractivity contribution in [2.45, 2.75) is 19.2 Å². The quantitative estimate of drug-likeness (QED) is 0.772. The molecule has 0 amide bonds. The second-order valence-electron chi connectivity index (χ2n) is 3.17. The minimum Gasteiger partial charge on any atom is -0.377 e. The lowest BCUT2D eigenvalue weighted by atomic mass is 10.0. The van der Waals surface area contributed by atoms with Crippen molar-refractivity contribution in [1.29, 1.82) is 0 Å². The summed E-state index contributed by atoms with van der Waals surface area (Å²) in [7, 11) is 0. The van der Waals surface area contributed by atoms with E-state index in [-0.39, 0.29) is 5.56 Å². The van der Waals surface area contributed by atoms with Crippen molar-refractivity contribution in [1.82, 2.24) is 0 Å². The molecule has 0 aromatic heterocycles. The zero-order valence-corrected chi connectivity index (χ0v) is 7.88. The summed E-state index contributed by atoms with van der Waals surface area (Å²) in [6.07, 6.45) is -7.86. The average molecular weight is 218 g/mol. The lowest BCUT2D eigenvalue weighted by Gasteiger charge is -2.13. The van der Waals surface area contributed by atoms with E-state index in [1.807, 2.05) is 0 Å². The molecule has 0 spiro atoms. The minimum atomic E-state index is -4.91. The molecule has 15 heavy (non-hydrogen) atoms. The highest BCUT2D eigenvalue weighted by atomic mass is 19.4. The number of carbonyl (C=O) groups is 1. The third-order valence-electron chi connectivity index (χ3n) is 1.89. The maximum absolute atomic E-state index is 12.0. The smallest absolute Gasteiger partial charge is 0.377 e. The molecule has 0 heterocycles. The summed E-state index contributed by atoms with van der Waals surface area (Å²) >= 11 is 0. The van der Waals surface area contributed by atoms with Gasteiger partial charge in [0, 0.05) is 5.56 Å². The Morgan fingerprint density at radius 1 is 1.27 bits per heavy atom. The average Bonchev–Trinajstić information content (AvgIpc) is 2.15. The van der Waals surface area contributed by atoms with Gasteiger partial charge in [-0.2, -0.15) is 13.2 Å². The van der Waals surface area contributed by atoms with Crippen LogP contribution < -0.4 is 0 Å². The molecule has 0 aliphatic heterocycles. The van der Waals surface area contributed by atoms with Gasteiger partial charge in [0.05, 0.1) is 0 Å². The normalized spacial score (nSPS) is 13.7. The van der Waals surface area contributed by atoms with Crippen LogP contribution in [0.2, 0.25) is 0 Å². The fraction of sp³-hybridized carbons (Fsp3) is 0.300. The summed E-state index contributed by atoms with van der Waals surface area (Å²) in [4.78, 5) is 11.1. The van der Waals surface area contributed by atoms with E-state index in [1.54, 1.807) is 6.92 Å². The van der Waals surface area contributed by atoms with Crippen LogP contribution in [0.3, 0.4) is 0 Å². The molecule has 5 heteroatoms. The van der Waals surface area contributed by atoms with Crippen LogP contribution in [0.15, 0.2) is 24.3 Å². The van der Waals surface area contributed by atoms with Crippen LogP contribution in [0.4, 0.5) is 13.2 Å². The summed E-state index contributed by atoms with van der Waals surface area (Å²) in [6, 6.07) is 5.53. The maximum atomic E-state index is 12.0. The van der Waals surface area contributed by atoms with Crippen molar-refractivity contribution in [2.75, 3.05) is 0 Å². The van der Waals surface area contributed by atoms with Crippen LogP contribution >= 0.6 is 0 Å². The summed E-state index contributed by atoms with van der Waals surface area (Å²) < 4.78 is 36.0. The Morgan fingerprint density at radius 3 is 2.13 bits per heavy atom. The third kappa shape index (κ3) is 2.79. The first-order chi connectivity index (χ1) is 6.82. The standard InChI is InChI=1S/C10H9F3O2/c1-6-2-4-7(5-3-6)8(14)9(15)10(11,12)13/h2-5,9,15H,1H3. The molecule has 1 rings (SSSR count). The van der Waals surface area contributed by atoms with E-state index in [4.69, 9.17) is 5.11 Å². The number of carbonyl (C=O) groups excluding carboxylic acids is 1. The molecule has 0 bridgehead atoms. The first kappa shape index (κ1) is 11.7. The highest BCUT2D eigenvalue weighted by Gasteiger charge is 2.43. The summed E-state index contributed by atoms with van der Waals surface area (Å²) in [5.74, 6) is -1.33. The molecular weight excluding hydrogens is 209 g/mol. The first-order valence-electron chi connectivity index (χ1n) is 4.18. The number of hydrogen-bond acceptors (Lipinski definition) is 2. The number of rotatable bonds is 2. The van der Waals surface area contributed by atoms with Crippen molar-refractivity contribution in [2.24, 2.45) is 0 Å². The van der Waals surface area contributed by atoms with E-state index >= 15 is 0 Å². The largest absolute Gasteiger partial charge is 0.421 e. The number of Topliss-reactive ketones (excluding diaryl/α,β-unsaturated/α-hetero) is 1. The van der Waals surface area contributed by atoms with Gasteiger partial charge >= 0.3 is 6.18 Å². The number of benzene rings is 1. The zero-order valence-electron chi connectivity index (χ0n) is 7.88. The van der Waals surface area contributed by atoms with Crippen LogP contribution in [-0.2, 0) is 0 Å². The zero-order chi connectivity index (χ0) is 11.6. The van der Waals surface area contributed by atoms with Gasteiger partial charge < -0.3 is 5.11 Å². The van der Waals surface area contributed by atoms with E-state index in [0.717, 1.165) is 5.56 Å². The van der Waals surface area contributed by atoms with Crippen molar-refractivity contribution < 1.29 is 23.1 Å². The predicted octanol–water partition coefficient (Wildman–Crippen LogP) is 2.10. The fourth-order valence-electron chi connectivity index (χ4n) is 1.02. The van der Waals surface area contributed by atoms with Crippen molar-refractivity contribution in [3.8, 4) is 0 Å². The van der Waals surface area contributed by atoms with Crippen LogP contribution in [0.1, 0.15) is 15.9 Å². The first-order valence-corrected chi connectivity index (χ1v) is 4.18. The summed E-state index contributed by atoms with van der Waals surface area (Å²) in [5.41, 5.74) is 0.679. The Bertz CT molecular complexity index is 354. The van der Waals surface area contributed by atoms with E-state index < -0.39 is 18.1 Å². The van der Waals surface area contributed by atoms with E-state index in [1.165, 1.54) is 24.3 Å². The third-order valence-corrected chi connectivity index (χ3v) is 1.89. The Balaban J connectivity index is 2.90. The number of ketones is 1. The van der Waals surface area contributed by atoms with Gasteiger partial charge in [0.2, 0.25) is 11.9 Å². The summed E-state index contributed by atoms with van der Waals surface area (Å²) in [6.45, 7) is 1.74. The maximum Gasteiger partial charge on any atom is 0.421 e. The van der Waals surface area contributed by atoms with Crippen LogP contribution in [-0.4, -0.2) is 23.2 Å². The lowest BCUT2D eigenvalue weighted by Crippen LogP contribution is -2.36. The number of halogens is 3. The molecule has 0 saturated carbocycles. The van der Waals surface area contributed by atoms with Crippen LogP contribution in [0, 0.1) is 6.92 Å². The van der Waals surface area contributed by atoms with Crippen molar-refractivity contribution in [3.63, 3.8) is 0 Å². The molecule has 0 aliphatic rings. The molecule has 1 aromatic rings. The van der Waals surface area contributed by atoms with Crippen molar-refractivity contribution >= 4 is 5.78 Å². The summed E-state index contributed by atoms with van der Waals surface area (Å²) in [5, 5.41) is 8.70. The Hall–Kier alpha value is -1.36. The predicted molar refractivity (Wildman–Crippen MR) is 47.6 cm³/mol. The molecule has 1 atom stereocenters. The Labute approximate surface area is 84.3 Å². The number of hydrogen-bond donors (Lipinski definition) is 1. The van der Waals surface area contributed by atoms with E-state index in [9.17, 15) is 18.0 Å². The van der Waals surface area contributed by atoms with Gasteiger partial charge in [0.15, 0.2) is 0 Å². The van der Waals surface area contributed by atoms with Gasteiger partial charge in [-0.05, 0) is 6.92 Å². The molecule has 1 N–H and O–H groups in total. The van der Waals surface area contributed by atoms with E-state index in [0.29, 0.717) is 0 Å². The van der Waals surface area contributed by atoms with Gasteiger partial charge in [0.1, 0.15) is 0 Å². The molecular formula is C10H9F3O2. The van der Waals surface area contributed by atoms with Gasteiger partial charge in [-0.25, -0.2) is 0 Å². The highest BCUT2D eigenvalue weighted by molar-refractivity contribution is 5.99. The SMILES string of the molecule is Cc1ccc(C(=O)C(O)C(F)(F)F)cc1. The van der Waals surface area contributed by atoms with E-state index in [2.05, 4.69) is 0 Å². The molecule has 82 valence electrons. The van der Waals surface area contributed by atoms with Gasteiger partial charge in [-0.1, -0.05) is 29.8 Å². The monoisotopic (exact) mass is 218 g/mol. The van der Waals surface area contributed by atoms with Crippen LogP contribution in [0.25, 0.3) is 0 Å². The second-order valence-corrected chi connectivity index (χ2v) is 3.17. The number of aliphatic hydroxyl groups excluding tert-OH is 1. The molecule has 1 aromatic carbocycles. The Kier molecular flexibility index (Phi) is 3.14. The molecule has 0 saturated heterocycles.